The highest BCUT2D eigenvalue weighted by molar-refractivity contribution is 5.90. The van der Waals surface area contributed by atoms with Crippen LogP contribution >= 0.6 is 0 Å². The smallest absolute Gasteiger partial charge is 0.306 e. The second kappa shape index (κ2) is 30.6. The van der Waals surface area contributed by atoms with Crippen molar-refractivity contribution in [3.63, 3.8) is 0 Å². The van der Waals surface area contributed by atoms with Crippen LogP contribution in [0.1, 0.15) is 117 Å². The molecule has 0 bridgehead atoms. The number of hydrogen-bond donors (Lipinski definition) is 4. The number of ether oxygens (including phenoxy) is 4. The summed E-state index contributed by atoms with van der Waals surface area (Å²) in [5.74, 6) is -4.39. The molecule has 0 aliphatic heterocycles. The number of carboxylic acid groups (broad SMARTS) is 2. The van der Waals surface area contributed by atoms with Gasteiger partial charge in [-0.25, -0.2) is 0 Å². The van der Waals surface area contributed by atoms with Crippen LogP contribution in [0, 0.1) is 17.8 Å². The van der Waals surface area contributed by atoms with E-state index in [1.54, 1.807) is 0 Å². The Labute approximate surface area is 324 Å². The molecule has 314 valence electrons. The fourth-order valence-corrected chi connectivity index (χ4v) is 6.14. The van der Waals surface area contributed by atoms with Gasteiger partial charge in [0, 0.05) is 57.7 Å². The van der Waals surface area contributed by atoms with Crippen molar-refractivity contribution in [1.82, 2.24) is 10.6 Å². The third-order valence-corrected chi connectivity index (χ3v) is 9.47. The third-order valence-electron chi connectivity index (χ3n) is 9.47. The topological polar surface area (TPSA) is 238 Å². The van der Waals surface area contributed by atoms with Crippen molar-refractivity contribution >= 4 is 46.9 Å². The average molecular weight is 785 g/mol. The van der Waals surface area contributed by atoms with Crippen molar-refractivity contribution in [2.45, 2.75) is 123 Å². The number of rotatable bonds is 35. The molecule has 2 atom stereocenters. The van der Waals surface area contributed by atoms with E-state index in [4.69, 9.17) is 24.1 Å². The van der Waals surface area contributed by atoms with Gasteiger partial charge in [-0.05, 0) is 63.7 Å². The van der Waals surface area contributed by atoms with E-state index in [1.807, 2.05) is 6.92 Å². The molecular formula is C39H64N2O14. The predicted molar refractivity (Wildman–Crippen MR) is 199 cm³/mol. The lowest BCUT2D eigenvalue weighted by Crippen LogP contribution is -2.41. The van der Waals surface area contributed by atoms with Crippen LogP contribution in [-0.4, -0.2) is 123 Å². The molecule has 0 aromatic carbocycles. The summed E-state index contributed by atoms with van der Waals surface area (Å²) < 4.78 is 21.4. The van der Waals surface area contributed by atoms with Gasteiger partial charge in [-0.15, -0.1) is 0 Å². The largest absolute Gasteiger partial charge is 0.481 e. The zero-order chi connectivity index (χ0) is 40.8. The fourth-order valence-electron chi connectivity index (χ4n) is 6.14. The van der Waals surface area contributed by atoms with Crippen LogP contribution in [0.25, 0.3) is 0 Å². The van der Waals surface area contributed by atoms with Gasteiger partial charge in [0.15, 0.2) is 17.3 Å². The quantitative estimate of drug-likeness (QED) is 0.0676. The molecule has 1 fully saturated rings. The van der Waals surface area contributed by atoms with E-state index in [2.05, 4.69) is 17.6 Å². The molecule has 0 aromatic heterocycles. The van der Waals surface area contributed by atoms with Crippen LogP contribution < -0.4 is 10.6 Å². The monoisotopic (exact) mass is 784 g/mol. The highest BCUT2D eigenvalue weighted by atomic mass is 16.5. The fraction of sp³-hybridized carbons (Fsp3) is 0.795. The van der Waals surface area contributed by atoms with E-state index in [1.165, 1.54) is 0 Å². The Balaban J connectivity index is 2.21. The molecular weight excluding hydrogens is 720 g/mol. The highest BCUT2D eigenvalue weighted by Crippen LogP contribution is 2.32. The lowest BCUT2D eigenvalue weighted by Gasteiger charge is -2.27. The Morgan fingerprint density at radius 1 is 0.655 bits per heavy atom. The minimum Gasteiger partial charge on any atom is -0.481 e. The van der Waals surface area contributed by atoms with Crippen molar-refractivity contribution in [3.8, 4) is 0 Å². The molecule has 1 aliphatic rings. The molecule has 1 saturated carbocycles. The molecule has 0 radical (unpaired) electrons. The van der Waals surface area contributed by atoms with E-state index < -0.39 is 29.8 Å². The maximum atomic E-state index is 12.9. The number of carbonyl (C=O) groups excluding carboxylic acids is 6. The molecule has 16 nitrogen and oxygen atoms in total. The zero-order valence-electron chi connectivity index (χ0n) is 32.8. The summed E-state index contributed by atoms with van der Waals surface area (Å²) in [4.78, 5) is 96.5. The Hall–Kier alpha value is -3.60. The second-order valence-corrected chi connectivity index (χ2v) is 14.0. The summed E-state index contributed by atoms with van der Waals surface area (Å²) in [6.45, 7) is 5.09. The molecule has 0 heterocycles. The molecule has 0 aromatic rings. The number of amides is 2. The minimum atomic E-state index is -1.15. The van der Waals surface area contributed by atoms with Crippen LogP contribution in [0.2, 0.25) is 0 Å². The van der Waals surface area contributed by atoms with Crippen molar-refractivity contribution in [1.29, 1.82) is 0 Å². The molecule has 0 saturated heterocycles. The highest BCUT2D eigenvalue weighted by Gasteiger charge is 2.30. The second-order valence-electron chi connectivity index (χ2n) is 14.0. The minimum absolute atomic E-state index is 0.00281. The number of carbonyl (C=O) groups is 8. The van der Waals surface area contributed by atoms with Crippen LogP contribution in [-0.2, 0) is 57.3 Å². The Bertz CT molecular complexity index is 1200. The van der Waals surface area contributed by atoms with E-state index in [9.17, 15) is 43.5 Å². The van der Waals surface area contributed by atoms with Gasteiger partial charge in [-0.1, -0.05) is 20.3 Å². The number of carboxylic acids is 2. The maximum absolute atomic E-state index is 12.9. The Morgan fingerprint density at radius 3 is 1.87 bits per heavy atom. The van der Waals surface area contributed by atoms with Gasteiger partial charge in [-0.3, -0.25) is 38.4 Å². The summed E-state index contributed by atoms with van der Waals surface area (Å²) in [7, 11) is 0. The zero-order valence-corrected chi connectivity index (χ0v) is 32.8. The first-order valence-electron chi connectivity index (χ1n) is 19.8. The van der Waals surface area contributed by atoms with Crippen molar-refractivity contribution < 1.29 is 67.5 Å². The number of hydrogen-bond acceptors (Lipinski definition) is 12. The molecule has 0 unspecified atom stereocenters. The first kappa shape index (κ1) is 49.4. The van der Waals surface area contributed by atoms with Crippen molar-refractivity contribution in [3.05, 3.63) is 0 Å². The summed E-state index contributed by atoms with van der Waals surface area (Å²) >= 11 is 0. The van der Waals surface area contributed by atoms with Crippen LogP contribution in [0.3, 0.4) is 0 Å². The van der Waals surface area contributed by atoms with Gasteiger partial charge in [0.25, 0.3) is 0 Å². The molecule has 0 spiro atoms. The van der Waals surface area contributed by atoms with Crippen LogP contribution in [0.4, 0.5) is 0 Å². The number of Topliss-reactive ketones (excluding diaryl/α,β-unsaturated/α-hetero) is 4. The number of ketones is 4. The standard InChI is InChI=1S/C39H64N2O14/c1-3-7-31(42)25-40-37(47)27-55-23-21-52-18-5-8-32(43)26-54-22-20-53-19-6-9-34(44)33(15-17-38(48)49)41-36(46)16-14-30(39(50)51)24-35(45)29-12-10-28(4-2)11-13-29/h28-30,33H,3-27H2,1-2H3,(H,40,47)(H,41,46)(H,48,49)(H,50,51)/t28?,29?,30-,33+/m1/s1. The Kier molecular flexibility index (Phi) is 27.5. The Morgan fingerprint density at radius 2 is 1.27 bits per heavy atom. The van der Waals surface area contributed by atoms with E-state index in [0.717, 1.165) is 38.5 Å². The summed E-state index contributed by atoms with van der Waals surface area (Å²) in [6, 6.07) is -1.05. The SMILES string of the molecule is CCCC(=O)CNC(=O)COCCOCCCC(=O)COCCOCCCC(=O)[C@H](CCC(=O)O)NC(=O)CC[C@H](CC(=O)C1CCC(CC)CC1)C(=O)O. The molecule has 55 heavy (non-hydrogen) atoms. The van der Waals surface area contributed by atoms with Gasteiger partial charge in [-0.2, -0.15) is 0 Å². The molecule has 16 heteroatoms. The maximum Gasteiger partial charge on any atom is 0.306 e. The van der Waals surface area contributed by atoms with Gasteiger partial charge in [0.1, 0.15) is 19.0 Å². The molecule has 2 amide bonds. The number of aliphatic carboxylic acids is 2. The average Bonchev–Trinajstić information content (AvgIpc) is 3.15. The summed E-state index contributed by atoms with van der Waals surface area (Å²) in [5, 5.41) is 23.9. The van der Waals surface area contributed by atoms with E-state index in [-0.39, 0.29) is 133 Å². The third kappa shape index (κ3) is 25.2. The first-order chi connectivity index (χ1) is 26.4. The lowest BCUT2D eigenvalue weighted by molar-refractivity contribution is -0.145. The normalized spacial score (nSPS) is 16.5. The van der Waals surface area contributed by atoms with Crippen molar-refractivity contribution in [2.24, 2.45) is 17.8 Å². The first-order valence-corrected chi connectivity index (χ1v) is 19.8. The molecule has 1 aliphatic carbocycles. The lowest BCUT2D eigenvalue weighted by atomic mass is 9.77. The van der Waals surface area contributed by atoms with E-state index in [0.29, 0.717) is 31.8 Å². The van der Waals surface area contributed by atoms with Gasteiger partial charge >= 0.3 is 11.9 Å². The number of nitrogens with one attached hydrogen (secondary N) is 2. The van der Waals surface area contributed by atoms with E-state index >= 15 is 0 Å². The van der Waals surface area contributed by atoms with Crippen LogP contribution in [0.15, 0.2) is 0 Å². The predicted octanol–water partition coefficient (Wildman–Crippen LogP) is 3.24. The van der Waals surface area contributed by atoms with Crippen molar-refractivity contribution in [2.75, 3.05) is 59.4 Å². The van der Waals surface area contributed by atoms with Gasteiger partial charge in [0.2, 0.25) is 11.8 Å². The van der Waals surface area contributed by atoms with Crippen LogP contribution in [0.5, 0.6) is 0 Å². The summed E-state index contributed by atoms with van der Waals surface area (Å²) in [6.07, 6.45) is 5.82. The van der Waals surface area contributed by atoms with Gasteiger partial charge in [0.05, 0.1) is 44.9 Å². The summed E-state index contributed by atoms with van der Waals surface area (Å²) in [5.41, 5.74) is 0. The molecule has 1 rings (SSSR count). The van der Waals surface area contributed by atoms with Gasteiger partial charge < -0.3 is 39.8 Å². The molecule has 4 N–H and O–H groups in total.